The standard InChI is InChI=1S/C17H23N3O4/c1-11-6-5-7-12(2)16(11)24-10-13(3)18-14(21)8-20-15(22)9-19(4)17(20)23/h5-7,13H,8-10H2,1-4H3,(H,18,21). The van der Waals surface area contributed by atoms with Crippen LogP contribution in [-0.4, -0.2) is 60.4 Å². The van der Waals surface area contributed by atoms with Gasteiger partial charge in [0.2, 0.25) is 5.91 Å². The van der Waals surface area contributed by atoms with Crippen molar-refractivity contribution in [2.45, 2.75) is 26.8 Å². The van der Waals surface area contributed by atoms with Gasteiger partial charge < -0.3 is 15.0 Å². The Morgan fingerprint density at radius 1 is 1.29 bits per heavy atom. The Morgan fingerprint density at radius 3 is 2.46 bits per heavy atom. The molecular formula is C17H23N3O4. The maximum absolute atomic E-state index is 12.0. The number of amides is 4. The number of likely N-dealkylation sites (N-methyl/N-ethyl adjacent to an activating group) is 1. The Bertz CT molecular complexity index is 639. The van der Waals surface area contributed by atoms with E-state index in [0.717, 1.165) is 21.8 Å². The number of ether oxygens (including phenoxy) is 1. The maximum Gasteiger partial charge on any atom is 0.327 e. The van der Waals surface area contributed by atoms with Crippen LogP contribution in [0.2, 0.25) is 0 Å². The number of carbonyl (C=O) groups excluding carboxylic acids is 3. The Labute approximate surface area is 141 Å². The molecule has 1 unspecified atom stereocenters. The van der Waals surface area contributed by atoms with Gasteiger partial charge in [-0.05, 0) is 31.9 Å². The van der Waals surface area contributed by atoms with Crippen LogP contribution in [0.1, 0.15) is 18.1 Å². The van der Waals surface area contributed by atoms with E-state index in [2.05, 4.69) is 5.32 Å². The first-order valence-electron chi connectivity index (χ1n) is 7.83. The van der Waals surface area contributed by atoms with Crippen molar-refractivity contribution >= 4 is 17.8 Å². The topological polar surface area (TPSA) is 79.0 Å². The van der Waals surface area contributed by atoms with E-state index >= 15 is 0 Å². The summed E-state index contributed by atoms with van der Waals surface area (Å²) >= 11 is 0. The van der Waals surface area contributed by atoms with E-state index in [4.69, 9.17) is 4.74 Å². The average Bonchev–Trinajstić information content (AvgIpc) is 2.73. The van der Waals surface area contributed by atoms with Gasteiger partial charge in [0, 0.05) is 7.05 Å². The zero-order valence-electron chi connectivity index (χ0n) is 14.5. The first kappa shape index (κ1) is 17.8. The molecule has 1 saturated heterocycles. The van der Waals surface area contributed by atoms with Gasteiger partial charge in [-0.15, -0.1) is 0 Å². The van der Waals surface area contributed by atoms with Gasteiger partial charge in [0.05, 0.1) is 6.04 Å². The summed E-state index contributed by atoms with van der Waals surface area (Å²) in [6.45, 7) is 5.79. The van der Waals surface area contributed by atoms with Crippen LogP contribution in [0.15, 0.2) is 18.2 Å². The number of hydrogen-bond donors (Lipinski definition) is 1. The molecule has 1 N–H and O–H groups in total. The van der Waals surface area contributed by atoms with E-state index in [0.29, 0.717) is 6.61 Å². The van der Waals surface area contributed by atoms with Gasteiger partial charge in [0.1, 0.15) is 25.4 Å². The fraction of sp³-hybridized carbons (Fsp3) is 0.471. The van der Waals surface area contributed by atoms with Crippen LogP contribution >= 0.6 is 0 Å². The number of para-hydroxylation sites is 1. The number of carbonyl (C=O) groups is 3. The molecule has 24 heavy (non-hydrogen) atoms. The highest BCUT2D eigenvalue weighted by molar-refractivity contribution is 6.04. The molecule has 0 aromatic heterocycles. The van der Waals surface area contributed by atoms with Crippen LogP contribution in [0, 0.1) is 13.8 Å². The highest BCUT2D eigenvalue weighted by atomic mass is 16.5. The lowest BCUT2D eigenvalue weighted by Crippen LogP contribution is -2.45. The monoisotopic (exact) mass is 333 g/mol. The van der Waals surface area contributed by atoms with Crippen LogP contribution in [0.4, 0.5) is 4.79 Å². The van der Waals surface area contributed by atoms with Crippen LogP contribution in [0.3, 0.4) is 0 Å². The first-order chi connectivity index (χ1) is 11.3. The van der Waals surface area contributed by atoms with Gasteiger partial charge in [0.25, 0.3) is 5.91 Å². The molecule has 0 bridgehead atoms. The molecule has 1 aliphatic rings. The maximum atomic E-state index is 12.0. The van der Waals surface area contributed by atoms with E-state index in [-0.39, 0.29) is 30.9 Å². The SMILES string of the molecule is Cc1cccc(C)c1OCC(C)NC(=O)CN1C(=O)CN(C)C1=O. The molecule has 4 amide bonds. The molecule has 130 valence electrons. The van der Waals surface area contributed by atoms with E-state index in [1.54, 1.807) is 0 Å². The summed E-state index contributed by atoms with van der Waals surface area (Å²) in [5.74, 6) is 0.0619. The van der Waals surface area contributed by atoms with E-state index < -0.39 is 6.03 Å². The molecular weight excluding hydrogens is 310 g/mol. The predicted octanol–water partition coefficient (Wildman–Crippen LogP) is 1.08. The van der Waals surface area contributed by atoms with Crippen molar-refractivity contribution in [1.29, 1.82) is 0 Å². The Hall–Kier alpha value is -2.57. The third-order valence-electron chi connectivity index (χ3n) is 3.83. The lowest BCUT2D eigenvalue weighted by molar-refractivity contribution is -0.131. The van der Waals surface area contributed by atoms with Gasteiger partial charge in [-0.25, -0.2) is 4.79 Å². The minimum Gasteiger partial charge on any atom is -0.491 e. The van der Waals surface area contributed by atoms with Crippen LogP contribution in [0.25, 0.3) is 0 Å². The average molecular weight is 333 g/mol. The van der Waals surface area contributed by atoms with Crippen molar-refractivity contribution in [1.82, 2.24) is 15.1 Å². The number of urea groups is 1. The summed E-state index contributed by atoms with van der Waals surface area (Å²) in [5, 5.41) is 2.74. The molecule has 0 saturated carbocycles. The number of rotatable bonds is 6. The lowest BCUT2D eigenvalue weighted by Gasteiger charge is -2.19. The second-order valence-corrected chi connectivity index (χ2v) is 6.12. The summed E-state index contributed by atoms with van der Waals surface area (Å²) in [6, 6.07) is 5.19. The highest BCUT2D eigenvalue weighted by Crippen LogP contribution is 2.22. The van der Waals surface area contributed by atoms with Crippen molar-refractivity contribution in [3.8, 4) is 5.75 Å². The fourth-order valence-corrected chi connectivity index (χ4v) is 2.57. The lowest BCUT2D eigenvalue weighted by atomic mass is 10.1. The third-order valence-corrected chi connectivity index (χ3v) is 3.83. The molecule has 0 aliphatic carbocycles. The van der Waals surface area contributed by atoms with Crippen LogP contribution in [0.5, 0.6) is 5.75 Å². The molecule has 1 atom stereocenters. The normalized spacial score (nSPS) is 15.7. The van der Waals surface area contributed by atoms with Gasteiger partial charge in [-0.3, -0.25) is 14.5 Å². The summed E-state index contributed by atoms with van der Waals surface area (Å²) in [5.41, 5.74) is 2.06. The summed E-state index contributed by atoms with van der Waals surface area (Å²) in [7, 11) is 1.53. The van der Waals surface area contributed by atoms with Crippen molar-refractivity contribution in [2.75, 3.05) is 26.7 Å². The Kier molecular flexibility index (Phi) is 5.43. The van der Waals surface area contributed by atoms with E-state index in [1.807, 2.05) is 39.0 Å². The van der Waals surface area contributed by atoms with Crippen LogP contribution in [-0.2, 0) is 9.59 Å². The number of imide groups is 1. The number of benzene rings is 1. The quantitative estimate of drug-likeness (QED) is 0.790. The zero-order chi connectivity index (χ0) is 17.9. The molecule has 0 spiro atoms. The smallest absolute Gasteiger partial charge is 0.327 e. The number of hydrogen-bond acceptors (Lipinski definition) is 4. The van der Waals surface area contributed by atoms with E-state index in [9.17, 15) is 14.4 Å². The molecule has 7 nitrogen and oxygen atoms in total. The molecule has 0 radical (unpaired) electrons. The van der Waals surface area contributed by atoms with Gasteiger partial charge in [-0.1, -0.05) is 18.2 Å². The molecule has 7 heteroatoms. The van der Waals surface area contributed by atoms with Crippen molar-refractivity contribution < 1.29 is 19.1 Å². The number of aryl methyl sites for hydroxylation is 2. The molecule has 1 aromatic rings. The second kappa shape index (κ2) is 7.33. The van der Waals surface area contributed by atoms with Gasteiger partial charge in [0.15, 0.2) is 0 Å². The highest BCUT2D eigenvalue weighted by Gasteiger charge is 2.34. The first-order valence-corrected chi connectivity index (χ1v) is 7.83. The van der Waals surface area contributed by atoms with Gasteiger partial charge in [-0.2, -0.15) is 0 Å². The Morgan fingerprint density at radius 2 is 1.92 bits per heavy atom. The fourth-order valence-electron chi connectivity index (χ4n) is 2.57. The summed E-state index contributed by atoms with van der Waals surface area (Å²) in [6.07, 6.45) is 0. The molecule has 2 rings (SSSR count). The summed E-state index contributed by atoms with van der Waals surface area (Å²) in [4.78, 5) is 37.7. The summed E-state index contributed by atoms with van der Waals surface area (Å²) < 4.78 is 5.79. The molecule has 1 heterocycles. The third kappa shape index (κ3) is 4.04. The number of nitrogens with zero attached hydrogens (tertiary/aromatic N) is 2. The van der Waals surface area contributed by atoms with Crippen molar-refractivity contribution in [3.63, 3.8) is 0 Å². The van der Waals surface area contributed by atoms with Gasteiger partial charge >= 0.3 is 6.03 Å². The predicted molar refractivity (Wildman–Crippen MR) is 88.8 cm³/mol. The van der Waals surface area contributed by atoms with Crippen LogP contribution < -0.4 is 10.1 Å². The van der Waals surface area contributed by atoms with Crippen molar-refractivity contribution in [2.24, 2.45) is 0 Å². The largest absolute Gasteiger partial charge is 0.491 e. The van der Waals surface area contributed by atoms with E-state index in [1.165, 1.54) is 11.9 Å². The number of nitrogens with one attached hydrogen (secondary N) is 1. The Balaban J connectivity index is 1.84. The molecule has 1 aromatic carbocycles. The second-order valence-electron chi connectivity index (χ2n) is 6.12. The molecule has 1 fully saturated rings. The minimum absolute atomic E-state index is 0.0112. The zero-order valence-corrected chi connectivity index (χ0v) is 14.5. The molecule has 1 aliphatic heterocycles. The minimum atomic E-state index is -0.449. The van der Waals surface area contributed by atoms with Crippen molar-refractivity contribution in [3.05, 3.63) is 29.3 Å².